The van der Waals surface area contributed by atoms with E-state index in [-0.39, 0.29) is 11.4 Å². The molecule has 0 aliphatic rings. The Labute approximate surface area is 118 Å². The fourth-order valence-corrected chi connectivity index (χ4v) is 3.47. The van der Waals surface area contributed by atoms with Gasteiger partial charge in [0.25, 0.3) is 0 Å². The summed E-state index contributed by atoms with van der Waals surface area (Å²) >= 11 is 0. The van der Waals surface area contributed by atoms with Gasteiger partial charge >= 0.3 is 0 Å². The van der Waals surface area contributed by atoms with Crippen molar-refractivity contribution in [2.75, 3.05) is 7.05 Å². The second kappa shape index (κ2) is 5.02. The molecule has 0 fully saturated rings. The van der Waals surface area contributed by atoms with Gasteiger partial charge in [0.2, 0.25) is 10.0 Å². The van der Waals surface area contributed by atoms with Gasteiger partial charge in [0.15, 0.2) is 0 Å². The zero-order valence-corrected chi connectivity index (χ0v) is 13.1. The minimum atomic E-state index is -3.54. The standard InChI is InChI=1S/C12H19N5O2S/c1-9-11(6-15(3)13-9)7-17(5)20(18,19)12-8-16(4)14-10(12)2/h6,8H,7H2,1-5H3. The first kappa shape index (κ1) is 14.7. The van der Waals surface area contributed by atoms with E-state index < -0.39 is 10.0 Å². The lowest BCUT2D eigenvalue weighted by molar-refractivity contribution is 0.465. The minimum Gasteiger partial charge on any atom is -0.275 e. The SMILES string of the molecule is Cc1nn(C)cc1CN(C)S(=O)(=O)c1cn(C)nc1C. The molecule has 8 heteroatoms. The van der Waals surface area contributed by atoms with E-state index in [1.54, 1.807) is 25.7 Å². The van der Waals surface area contributed by atoms with Crippen molar-refractivity contribution in [3.05, 3.63) is 29.3 Å². The lowest BCUT2D eigenvalue weighted by atomic mass is 10.3. The van der Waals surface area contributed by atoms with E-state index in [0.29, 0.717) is 5.69 Å². The molecule has 0 radical (unpaired) electrons. The number of sulfonamides is 1. The van der Waals surface area contributed by atoms with Gasteiger partial charge < -0.3 is 0 Å². The van der Waals surface area contributed by atoms with Crippen LogP contribution in [0.5, 0.6) is 0 Å². The zero-order valence-electron chi connectivity index (χ0n) is 12.3. The van der Waals surface area contributed by atoms with E-state index in [2.05, 4.69) is 10.2 Å². The Balaban J connectivity index is 2.30. The van der Waals surface area contributed by atoms with Crippen LogP contribution in [0, 0.1) is 13.8 Å². The predicted octanol–water partition coefficient (Wildman–Crippen LogP) is 0.591. The topological polar surface area (TPSA) is 73.0 Å². The third-order valence-corrected chi connectivity index (χ3v) is 5.07. The van der Waals surface area contributed by atoms with Crippen molar-refractivity contribution < 1.29 is 8.42 Å². The highest BCUT2D eigenvalue weighted by Gasteiger charge is 2.25. The molecule has 20 heavy (non-hydrogen) atoms. The maximum atomic E-state index is 12.5. The highest BCUT2D eigenvalue weighted by atomic mass is 32.2. The Morgan fingerprint density at radius 2 is 1.65 bits per heavy atom. The van der Waals surface area contributed by atoms with Crippen molar-refractivity contribution in [1.29, 1.82) is 0 Å². The fraction of sp³-hybridized carbons (Fsp3) is 0.500. The summed E-state index contributed by atoms with van der Waals surface area (Å²) in [5.74, 6) is 0. The number of aromatic nitrogens is 4. The smallest absolute Gasteiger partial charge is 0.246 e. The average molecular weight is 297 g/mol. The molecule has 0 saturated carbocycles. The minimum absolute atomic E-state index is 0.240. The number of rotatable bonds is 4. The molecule has 0 aliphatic heterocycles. The largest absolute Gasteiger partial charge is 0.275 e. The Bertz CT molecular complexity index is 729. The van der Waals surface area contributed by atoms with Gasteiger partial charge in [-0.2, -0.15) is 14.5 Å². The Kier molecular flexibility index (Phi) is 3.70. The molecule has 0 N–H and O–H groups in total. The van der Waals surface area contributed by atoms with Crippen LogP contribution in [0.2, 0.25) is 0 Å². The van der Waals surface area contributed by atoms with Crippen LogP contribution >= 0.6 is 0 Å². The summed E-state index contributed by atoms with van der Waals surface area (Å²) in [5, 5.41) is 8.30. The number of hydrogen-bond acceptors (Lipinski definition) is 4. The van der Waals surface area contributed by atoms with Gasteiger partial charge in [-0.05, 0) is 13.8 Å². The Morgan fingerprint density at radius 1 is 1.10 bits per heavy atom. The zero-order chi connectivity index (χ0) is 15.1. The van der Waals surface area contributed by atoms with Crippen LogP contribution in [0.4, 0.5) is 0 Å². The van der Waals surface area contributed by atoms with Crippen molar-refractivity contribution in [2.24, 2.45) is 14.1 Å². The summed E-state index contributed by atoms with van der Waals surface area (Å²) in [4.78, 5) is 0.240. The van der Waals surface area contributed by atoms with Crippen LogP contribution < -0.4 is 0 Å². The molecule has 0 spiro atoms. The molecule has 0 aromatic carbocycles. The van der Waals surface area contributed by atoms with Gasteiger partial charge in [0, 0.05) is 45.6 Å². The Morgan fingerprint density at radius 3 is 2.10 bits per heavy atom. The second-order valence-electron chi connectivity index (χ2n) is 4.93. The first-order valence-corrected chi connectivity index (χ1v) is 7.61. The van der Waals surface area contributed by atoms with E-state index in [9.17, 15) is 8.42 Å². The molecule has 2 heterocycles. The fourth-order valence-electron chi connectivity index (χ4n) is 2.13. The summed E-state index contributed by atoms with van der Waals surface area (Å²) in [5.41, 5.74) is 2.22. The third kappa shape index (κ3) is 2.61. The first-order valence-electron chi connectivity index (χ1n) is 6.17. The number of hydrogen-bond donors (Lipinski definition) is 0. The maximum absolute atomic E-state index is 12.5. The first-order chi connectivity index (χ1) is 9.21. The summed E-state index contributed by atoms with van der Waals surface area (Å²) in [6.45, 7) is 3.84. The molecule has 110 valence electrons. The molecule has 0 saturated heterocycles. The average Bonchev–Trinajstić information content (AvgIpc) is 2.82. The van der Waals surface area contributed by atoms with E-state index in [1.807, 2.05) is 20.2 Å². The van der Waals surface area contributed by atoms with Crippen molar-refractivity contribution in [3.8, 4) is 0 Å². The molecule has 2 aromatic rings. The van der Waals surface area contributed by atoms with Crippen molar-refractivity contribution >= 4 is 10.0 Å². The molecule has 0 atom stereocenters. The predicted molar refractivity (Wildman–Crippen MR) is 74.5 cm³/mol. The quantitative estimate of drug-likeness (QED) is 0.828. The Hall–Kier alpha value is -1.67. The third-order valence-electron chi connectivity index (χ3n) is 3.16. The van der Waals surface area contributed by atoms with Crippen LogP contribution in [-0.2, 0) is 30.7 Å². The number of nitrogens with zero attached hydrogens (tertiary/aromatic N) is 5. The maximum Gasteiger partial charge on any atom is 0.246 e. The van der Waals surface area contributed by atoms with Crippen LogP contribution in [0.3, 0.4) is 0 Å². The van der Waals surface area contributed by atoms with E-state index in [4.69, 9.17) is 0 Å². The molecule has 2 rings (SSSR count). The summed E-state index contributed by atoms with van der Waals surface area (Å²) < 4.78 is 29.6. The highest BCUT2D eigenvalue weighted by molar-refractivity contribution is 7.89. The normalized spacial score (nSPS) is 12.3. The van der Waals surface area contributed by atoms with Crippen molar-refractivity contribution in [2.45, 2.75) is 25.3 Å². The molecule has 7 nitrogen and oxygen atoms in total. The van der Waals surface area contributed by atoms with Crippen LogP contribution in [0.1, 0.15) is 17.0 Å². The molecule has 0 aliphatic carbocycles. The molecular weight excluding hydrogens is 278 g/mol. The van der Waals surface area contributed by atoms with E-state index >= 15 is 0 Å². The molecule has 0 unspecified atom stereocenters. The van der Waals surface area contributed by atoms with Gasteiger partial charge in [0.05, 0.1) is 11.4 Å². The van der Waals surface area contributed by atoms with Gasteiger partial charge in [-0.1, -0.05) is 0 Å². The second-order valence-corrected chi connectivity index (χ2v) is 6.94. The number of aryl methyl sites for hydroxylation is 4. The van der Waals surface area contributed by atoms with Gasteiger partial charge in [0.1, 0.15) is 4.90 Å². The summed E-state index contributed by atoms with van der Waals surface area (Å²) in [6, 6.07) is 0. The lowest BCUT2D eigenvalue weighted by Crippen LogP contribution is -2.27. The van der Waals surface area contributed by atoms with E-state index in [0.717, 1.165) is 11.3 Å². The van der Waals surface area contributed by atoms with Crippen LogP contribution in [-0.4, -0.2) is 39.3 Å². The molecular formula is C12H19N5O2S. The monoisotopic (exact) mass is 297 g/mol. The van der Waals surface area contributed by atoms with Gasteiger partial charge in [-0.25, -0.2) is 8.42 Å². The van der Waals surface area contributed by atoms with Crippen LogP contribution in [0.25, 0.3) is 0 Å². The summed E-state index contributed by atoms with van der Waals surface area (Å²) in [7, 11) is 1.54. The molecule has 0 bridgehead atoms. The van der Waals surface area contributed by atoms with Gasteiger partial charge in [-0.15, -0.1) is 0 Å². The molecule has 2 aromatic heterocycles. The van der Waals surface area contributed by atoms with Crippen molar-refractivity contribution in [3.63, 3.8) is 0 Å². The lowest BCUT2D eigenvalue weighted by Gasteiger charge is -2.16. The van der Waals surface area contributed by atoms with E-state index in [1.165, 1.54) is 15.2 Å². The highest BCUT2D eigenvalue weighted by Crippen LogP contribution is 2.20. The van der Waals surface area contributed by atoms with Gasteiger partial charge in [-0.3, -0.25) is 9.36 Å². The summed E-state index contributed by atoms with van der Waals surface area (Å²) in [6.07, 6.45) is 3.36. The van der Waals surface area contributed by atoms with Crippen molar-refractivity contribution in [1.82, 2.24) is 23.9 Å². The molecule has 0 amide bonds. The van der Waals surface area contributed by atoms with Crippen LogP contribution in [0.15, 0.2) is 17.3 Å².